The Labute approximate surface area is 249 Å². The molecular weight excluding hydrogens is 629 g/mol. The third kappa shape index (κ3) is 5.30. The fourth-order valence-corrected chi connectivity index (χ4v) is 8.92. The van der Waals surface area contributed by atoms with Crippen molar-refractivity contribution in [1.82, 2.24) is 9.47 Å². The summed E-state index contributed by atoms with van der Waals surface area (Å²) >= 11 is 0. The van der Waals surface area contributed by atoms with Gasteiger partial charge >= 0.3 is 32.3 Å². The van der Waals surface area contributed by atoms with E-state index in [1.165, 1.54) is 13.3 Å². The molecule has 7 N–H and O–H groups in total. The number of rotatable bonds is 9. The number of nitrogens with zero attached hydrogens (tertiary/aromatic N) is 3. The Balaban J connectivity index is 1.53. The summed E-state index contributed by atoms with van der Waals surface area (Å²) in [6.07, 6.45) is 1.27. The van der Waals surface area contributed by atoms with E-state index in [1.54, 1.807) is 9.47 Å². The lowest BCUT2D eigenvalue weighted by atomic mass is 9.92. The summed E-state index contributed by atoms with van der Waals surface area (Å²) in [5.74, 6) is -2.61. The van der Waals surface area contributed by atoms with E-state index in [0.29, 0.717) is 25.7 Å². The van der Waals surface area contributed by atoms with Crippen molar-refractivity contribution in [2.24, 2.45) is 11.7 Å². The number of benzene rings is 1. The van der Waals surface area contributed by atoms with Gasteiger partial charge in [-0.1, -0.05) is 0 Å². The van der Waals surface area contributed by atoms with Crippen molar-refractivity contribution in [3.05, 3.63) is 33.9 Å². The van der Waals surface area contributed by atoms with E-state index in [2.05, 4.69) is 0 Å². The molecule has 19 heteroatoms. The molecule has 0 radical (unpaired) electrons. The Morgan fingerprint density at radius 1 is 1.14 bits per heavy atom. The predicted octanol–water partition coefficient (Wildman–Crippen LogP) is 1.58. The first kappa shape index (κ1) is 32.4. The lowest BCUT2D eigenvalue weighted by molar-refractivity contribution is 0.0263. The molecule has 16 nitrogen and oxygen atoms in total. The van der Waals surface area contributed by atoms with Gasteiger partial charge in [-0.15, -0.1) is 0 Å². The van der Waals surface area contributed by atoms with Crippen molar-refractivity contribution in [1.29, 1.82) is 0 Å². The number of ether oxygens (including phenoxy) is 2. The molecule has 2 saturated heterocycles. The minimum absolute atomic E-state index is 0.00123. The lowest BCUT2D eigenvalue weighted by Crippen LogP contribution is -2.51. The summed E-state index contributed by atoms with van der Waals surface area (Å²) in [5, 5.41) is 5.93. The van der Waals surface area contributed by atoms with Gasteiger partial charge in [-0.3, -0.25) is 13.9 Å². The predicted molar refractivity (Wildman–Crippen MR) is 152 cm³/mol. The van der Waals surface area contributed by atoms with Gasteiger partial charge in [0.2, 0.25) is 5.43 Å². The number of fused-ring (bicyclic) bond motifs is 2. The van der Waals surface area contributed by atoms with Crippen LogP contribution in [0, 0.1) is 11.7 Å². The fourth-order valence-electron chi connectivity index (χ4n) is 6.33. The second-order valence-corrected chi connectivity index (χ2v) is 15.2. The number of aromatic nitrogens is 1. The monoisotopic (exact) mass is 662 g/mol. The first-order chi connectivity index (χ1) is 20.6. The summed E-state index contributed by atoms with van der Waals surface area (Å²) in [4.78, 5) is 80.4. The smallest absolute Gasteiger partial charge is 0.411 e. The maximum absolute atomic E-state index is 15.9. The number of pyridine rings is 1. The quantitative estimate of drug-likeness (QED) is 0.209. The van der Waals surface area contributed by atoms with Crippen LogP contribution >= 0.6 is 15.2 Å². The summed E-state index contributed by atoms with van der Waals surface area (Å²) < 4.78 is 52.7. The second-order valence-electron chi connectivity index (χ2n) is 11.3. The number of halogens is 1. The zero-order valence-electron chi connectivity index (χ0n) is 23.5. The number of hydrogen-bond acceptors (Lipinski definition) is 9. The number of carboxylic acid groups (broad SMARTS) is 1. The van der Waals surface area contributed by atoms with E-state index in [4.69, 9.17) is 15.2 Å². The Kier molecular flexibility index (Phi) is 8.38. The number of carbonyl (C=O) groups is 2. The first-order valence-corrected chi connectivity index (χ1v) is 17.0. The normalized spacial score (nSPS) is 21.0. The van der Waals surface area contributed by atoms with Gasteiger partial charge in [0.1, 0.15) is 11.3 Å². The number of methoxy groups -OCH3 is 1. The molecule has 5 rings (SSSR count). The number of likely N-dealkylation sites (tertiary alicyclic amines) is 1. The largest absolute Gasteiger partial charge is 0.492 e. The average molecular weight is 663 g/mol. The molecule has 1 saturated carbocycles. The van der Waals surface area contributed by atoms with Crippen molar-refractivity contribution in [2.45, 2.75) is 49.3 Å². The van der Waals surface area contributed by atoms with E-state index in [9.17, 15) is 48.2 Å². The number of amides is 1. The molecule has 3 fully saturated rings. The summed E-state index contributed by atoms with van der Waals surface area (Å²) in [6.45, 7) is -0.399. The van der Waals surface area contributed by atoms with E-state index >= 15 is 4.39 Å². The molecule has 2 atom stereocenters. The molecule has 1 aromatic carbocycles. The van der Waals surface area contributed by atoms with Gasteiger partial charge in [0.05, 0.1) is 24.1 Å². The highest BCUT2D eigenvalue weighted by molar-refractivity contribution is 7.72. The maximum atomic E-state index is 15.9. The Hall–Kier alpha value is -3.04. The van der Waals surface area contributed by atoms with Crippen molar-refractivity contribution < 1.29 is 57.3 Å². The van der Waals surface area contributed by atoms with Crippen LogP contribution < -0.4 is 20.8 Å². The zero-order chi connectivity index (χ0) is 32.4. The SMILES string of the molecule is COc1c(N2C[C@H]3CCCN(C(=O)OC(CCN)(P(=O)(O)O)P(=O)(O)O)[C@H]3C2)c(F)cc2c(=O)c(C(=O)O)cn(C3CC3)c12. The molecular formula is C25H33FN4O12P2. The number of carbonyl (C=O) groups excluding carboxylic acids is 1. The molecule has 44 heavy (non-hydrogen) atoms. The van der Waals surface area contributed by atoms with Crippen LogP contribution in [0.15, 0.2) is 17.1 Å². The van der Waals surface area contributed by atoms with Crippen molar-refractivity contribution in [3.8, 4) is 5.75 Å². The molecule has 0 bridgehead atoms. The lowest BCUT2D eigenvalue weighted by Gasteiger charge is -2.40. The van der Waals surface area contributed by atoms with Crippen LogP contribution in [0.2, 0.25) is 0 Å². The van der Waals surface area contributed by atoms with Gasteiger partial charge in [-0.05, 0) is 44.2 Å². The first-order valence-electron chi connectivity index (χ1n) is 13.8. The number of aromatic carboxylic acids is 1. The van der Waals surface area contributed by atoms with E-state index in [1.807, 2.05) is 0 Å². The van der Waals surface area contributed by atoms with Gasteiger partial charge in [0.15, 0.2) is 11.6 Å². The Morgan fingerprint density at radius 2 is 1.80 bits per heavy atom. The van der Waals surface area contributed by atoms with Crippen LogP contribution in [0.25, 0.3) is 10.9 Å². The molecule has 0 spiro atoms. The Morgan fingerprint density at radius 3 is 2.34 bits per heavy atom. The third-order valence-electron chi connectivity index (χ3n) is 8.54. The van der Waals surface area contributed by atoms with Gasteiger partial charge in [0, 0.05) is 38.3 Å². The second kappa shape index (κ2) is 11.4. The highest BCUT2D eigenvalue weighted by atomic mass is 31.2. The maximum Gasteiger partial charge on any atom is 0.411 e. The summed E-state index contributed by atoms with van der Waals surface area (Å²) in [5.41, 5.74) is 4.21. The highest BCUT2D eigenvalue weighted by Crippen LogP contribution is 2.71. The number of piperidine rings is 1. The van der Waals surface area contributed by atoms with Crippen LogP contribution in [0.1, 0.15) is 48.5 Å². The summed E-state index contributed by atoms with van der Waals surface area (Å²) in [7, 11) is -10.2. The van der Waals surface area contributed by atoms with Gasteiger partial charge in [0.25, 0.3) is 0 Å². The van der Waals surface area contributed by atoms with Crippen LogP contribution in [0.3, 0.4) is 0 Å². The van der Waals surface area contributed by atoms with Crippen LogP contribution in [-0.4, -0.2) is 90.6 Å². The minimum atomic E-state index is -5.75. The van der Waals surface area contributed by atoms with Crippen LogP contribution in [-0.2, 0) is 13.9 Å². The molecule has 3 heterocycles. The van der Waals surface area contributed by atoms with Crippen molar-refractivity contribution in [2.75, 3.05) is 38.2 Å². The number of carboxylic acids is 1. The number of hydrogen-bond donors (Lipinski definition) is 6. The number of anilines is 1. The minimum Gasteiger partial charge on any atom is -0.492 e. The molecule has 1 amide bonds. The van der Waals surface area contributed by atoms with Crippen molar-refractivity contribution in [3.63, 3.8) is 0 Å². The van der Waals surface area contributed by atoms with E-state index in [0.717, 1.165) is 11.0 Å². The molecule has 2 aliphatic heterocycles. The van der Waals surface area contributed by atoms with Gasteiger partial charge in [-0.2, -0.15) is 0 Å². The topological polar surface area (TPSA) is 242 Å². The van der Waals surface area contributed by atoms with Gasteiger partial charge in [-0.25, -0.2) is 14.0 Å². The Bertz CT molecular complexity index is 1650. The molecule has 1 aromatic heterocycles. The fraction of sp³-hybridized carbons (Fsp3) is 0.560. The van der Waals surface area contributed by atoms with Crippen LogP contribution in [0.5, 0.6) is 5.75 Å². The molecule has 1 aliphatic carbocycles. The standard InChI is InChI=1S/C25H33FN4O12P2/c1-41-22-19-15(21(31)16(23(32)33)11-30(19)14-4-5-14)9-17(26)20(22)28-10-13-3-2-8-29(18(13)12-28)24(34)42-25(6-7-27,43(35,36)37)44(38,39)40/h9,11,13-14,18H,2-8,10,12,27H2,1H3,(H,32,33)(H2,35,36,37)(H2,38,39,40)/t13-,18+/m1/s1. The van der Waals surface area contributed by atoms with E-state index < -0.39 is 68.2 Å². The highest BCUT2D eigenvalue weighted by Gasteiger charge is 2.64. The third-order valence-corrected chi connectivity index (χ3v) is 12.5. The molecule has 0 unspecified atom stereocenters. The number of nitrogens with two attached hydrogens (primary N) is 1. The van der Waals surface area contributed by atoms with E-state index in [-0.39, 0.29) is 53.9 Å². The van der Waals surface area contributed by atoms with Crippen LogP contribution in [0.4, 0.5) is 14.9 Å². The van der Waals surface area contributed by atoms with Crippen molar-refractivity contribution >= 4 is 43.8 Å². The zero-order valence-corrected chi connectivity index (χ0v) is 25.3. The molecule has 2 aromatic rings. The van der Waals surface area contributed by atoms with Gasteiger partial charge < -0.3 is 54.3 Å². The molecule has 3 aliphatic rings. The summed E-state index contributed by atoms with van der Waals surface area (Å²) in [6, 6.07) is 0.141. The molecule has 242 valence electrons. The average Bonchev–Trinajstić information content (AvgIpc) is 3.68.